The van der Waals surface area contributed by atoms with E-state index in [4.69, 9.17) is 15.2 Å². The van der Waals surface area contributed by atoms with Crippen molar-refractivity contribution in [3.8, 4) is 11.5 Å². The molecule has 0 saturated carbocycles. The number of hydrogen-bond donors (Lipinski definition) is 1. The van der Waals surface area contributed by atoms with E-state index in [1.165, 1.54) is 0 Å². The number of primary amides is 1. The van der Waals surface area contributed by atoms with E-state index in [-0.39, 0.29) is 17.9 Å². The monoisotopic (exact) mass is 436 g/mol. The predicted molar refractivity (Wildman–Crippen MR) is 118 cm³/mol. The standard InChI is InChI=1S/C23H28N6O3/c1-31-19-9-8-18(14-20(19)32-2)21(28-12-10-17(11-13-28)22(24)30)23-25-26-27-29(23)15-16-6-4-3-5-7-16/h3-9,14,17,21H,10-13,15H2,1-2H3,(H2,24,30). The van der Waals surface area contributed by atoms with Crippen molar-refractivity contribution in [1.82, 2.24) is 25.1 Å². The van der Waals surface area contributed by atoms with E-state index >= 15 is 0 Å². The number of nitrogens with two attached hydrogens (primary N) is 1. The minimum absolute atomic E-state index is 0.0994. The molecule has 168 valence electrons. The Morgan fingerprint density at radius 1 is 1.09 bits per heavy atom. The van der Waals surface area contributed by atoms with Gasteiger partial charge in [-0.1, -0.05) is 36.4 Å². The van der Waals surface area contributed by atoms with Gasteiger partial charge in [0.25, 0.3) is 0 Å². The van der Waals surface area contributed by atoms with Crippen molar-refractivity contribution in [3.63, 3.8) is 0 Å². The van der Waals surface area contributed by atoms with Gasteiger partial charge in [0.2, 0.25) is 5.91 Å². The number of methoxy groups -OCH3 is 2. The summed E-state index contributed by atoms with van der Waals surface area (Å²) in [4.78, 5) is 14.0. The van der Waals surface area contributed by atoms with E-state index in [0.717, 1.165) is 17.0 Å². The van der Waals surface area contributed by atoms with Crippen molar-refractivity contribution in [2.45, 2.75) is 25.4 Å². The van der Waals surface area contributed by atoms with Crippen LogP contribution in [0.3, 0.4) is 0 Å². The van der Waals surface area contributed by atoms with Crippen molar-refractivity contribution >= 4 is 5.91 Å². The molecule has 0 spiro atoms. The normalized spacial score (nSPS) is 15.9. The number of nitrogens with zero attached hydrogens (tertiary/aromatic N) is 5. The van der Waals surface area contributed by atoms with E-state index < -0.39 is 0 Å². The molecule has 0 aliphatic carbocycles. The molecule has 1 aromatic heterocycles. The van der Waals surface area contributed by atoms with Crippen LogP contribution < -0.4 is 15.2 Å². The van der Waals surface area contributed by atoms with Gasteiger partial charge in [0.05, 0.1) is 26.8 Å². The second-order valence-electron chi connectivity index (χ2n) is 7.91. The van der Waals surface area contributed by atoms with Crippen LogP contribution in [0, 0.1) is 5.92 Å². The van der Waals surface area contributed by atoms with Gasteiger partial charge in [-0.05, 0) is 59.6 Å². The molecule has 0 radical (unpaired) electrons. The Kier molecular flexibility index (Phi) is 6.65. The lowest BCUT2D eigenvalue weighted by molar-refractivity contribution is -0.123. The van der Waals surface area contributed by atoms with Crippen LogP contribution in [0.4, 0.5) is 0 Å². The number of tetrazole rings is 1. The summed E-state index contributed by atoms with van der Waals surface area (Å²) in [6.45, 7) is 1.99. The molecule has 9 heteroatoms. The Hall–Kier alpha value is -3.46. The molecule has 32 heavy (non-hydrogen) atoms. The van der Waals surface area contributed by atoms with Gasteiger partial charge in [-0.15, -0.1) is 5.10 Å². The minimum atomic E-state index is -0.235. The van der Waals surface area contributed by atoms with Gasteiger partial charge >= 0.3 is 0 Å². The topological polar surface area (TPSA) is 108 Å². The molecule has 1 amide bonds. The summed E-state index contributed by atoms with van der Waals surface area (Å²) in [6, 6.07) is 15.7. The number of hydrogen-bond acceptors (Lipinski definition) is 7. The first-order chi connectivity index (χ1) is 15.6. The van der Waals surface area contributed by atoms with Crippen LogP contribution in [0.15, 0.2) is 48.5 Å². The van der Waals surface area contributed by atoms with Crippen LogP contribution in [0.25, 0.3) is 0 Å². The molecule has 1 aliphatic heterocycles. The van der Waals surface area contributed by atoms with Crippen molar-refractivity contribution in [3.05, 3.63) is 65.5 Å². The summed E-state index contributed by atoms with van der Waals surface area (Å²) in [5.41, 5.74) is 7.65. The molecule has 1 fully saturated rings. The Labute approximate surface area is 187 Å². The van der Waals surface area contributed by atoms with Gasteiger partial charge < -0.3 is 15.2 Å². The summed E-state index contributed by atoms with van der Waals surface area (Å²) >= 11 is 0. The number of rotatable bonds is 8. The Balaban J connectivity index is 1.71. The highest BCUT2D eigenvalue weighted by Crippen LogP contribution is 2.36. The van der Waals surface area contributed by atoms with Crippen molar-refractivity contribution < 1.29 is 14.3 Å². The highest BCUT2D eigenvalue weighted by Gasteiger charge is 2.33. The fraction of sp³-hybridized carbons (Fsp3) is 0.391. The molecule has 1 aliphatic rings. The van der Waals surface area contributed by atoms with Crippen LogP contribution in [0.5, 0.6) is 11.5 Å². The van der Waals surface area contributed by atoms with Gasteiger partial charge in [0.1, 0.15) is 0 Å². The number of carbonyl (C=O) groups excluding carboxylic acids is 1. The first-order valence-corrected chi connectivity index (χ1v) is 10.7. The van der Waals surface area contributed by atoms with Gasteiger partial charge in [0, 0.05) is 5.92 Å². The molecule has 2 N–H and O–H groups in total. The average molecular weight is 437 g/mol. The predicted octanol–water partition coefficient (Wildman–Crippen LogP) is 2.03. The van der Waals surface area contributed by atoms with E-state index in [9.17, 15) is 4.79 Å². The summed E-state index contributed by atoms with van der Waals surface area (Å²) in [5, 5.41) is 12.7. The molecule has 4 rings (SSSR count). The third kappa shape index (κ3) is 4.57. The number of ether oxygens (including phenoxy) is 2. The number of carbonyl (C=O) groups is 1. The Morgan fingerprint density at radius 3 is 2.47 bits per heavy atom. The highest BCUT2D eigenvalue weighted by atomic mass is 16.5. The highest BCUT2D eigenvalue weighted by molar-refractivity contribution is 5.76. The number of likely N-dealkylation sites (tertiary alicyclic amines) is 1. The van der Waals surface area contributed by atoms with Crippen molar-refractivity contribution in [1.29, 1.82) is 0 Å². The zero-order valence-corrected chi connectivity index (χ0v) is 18.3. The van der Waals surface area contributed by atoms with Gasteiger partial charge in [-0.2, -0.15) is 0 Å². The van der Waals surface area contributed by atoms with Crippen LogP contribution in [-0.4, -0.2) is 58.3 Å². The van der Waals surface area contributed by atoms with Gasteiger partial charge in [-0.3, -0.25) is 9.69 Å². The van der Waals surface area contributed by atoms with E-state index in [1.54, 1.807) is 14.2 Å². The molecule has 9 nitrogen and oxygen atoms in total. The smallest absolute Gasteiger partial charge is 0.220 e. The summed E-state index contributed by atoms with van der Waals surface area (Å²) in [7, 11) is 3.23. The van der Waals surface area contributed by atoms with Crippen LogP contribution >= 0.6 is 0 Å². The maximum absolute atomic E-state index is 11.7. The van der Waals surface area contributed by atoms with E-state index in [1.807, 2.05) is 41.1 Å². The summed E-state index contributed by atoms with van der Waals surface area (Å²) in [6.07, 6.45) is 1.42. The lowest BCUT2D eigenvalue weighted by Crippen LogP contribution is -2.41. The largest absolute Gasteiger partial charge is 0.493 e. The zero-order valence-electron chi connectivity index (χ0n) is 18.3. The molecular weight excluding hydrogens is 408 g/mol. The third-order valence-corrected chi connectivity index (χ3v) is 6.00. The number of piperidine rings is 1. The lowest BCUT2D eigenvalue weighted by atomic mass is 9.93. The second kappa shape index (κ2) is 9.78. The first kappa shape index (κ1) is 21.8. The molecule has 2 heterocycles. The molecular formula is C23H28N6O3. The molecule has 0 bridgehead atoms. The molecule has 1 saturated heterocycles. The van der Waals surface area contributed by atoms with Gasteiger partial charge in [-0.25, -0.2) is 4.68 Å². The van der Waals surface area contributed by atoms with Gasteiger partial charge in [0.15, 0.2) is 17.3 Å². The fourth-order valence-electron chi connectivity index (χ4n) is 4.26. The fourth-order valence-corrected chi connectivity index (χ4v) is 4.26. The van der Waals surface area contributed by atoms with Crippen molar-refractivity contribution in [2.75, 3.05) is 27.3 Å². The maximum atomic E-state index is 11.7. The average Bonchev–Trinajstić information content (AvgIpc) is 3.27. The SMILES string of the molecule is COc1ccc(C(c2nnnn2Cc2ccccc2)N2CCC(C(N)=O)CC2)cc1OC. The number of amides is 1. The zero-order chi connectivity index (χ0) is 22.5. The Morgan fingerprint density at radius 2 is 1.81 bits per heavy atom. The van der Waals surface area contributed by atoms with E-state index in [0.29, 0.717) is 44.0 Å². The lowest BCUT2D eigenvalue weighted by Gasteiger charge is -2.36. The first-order valence-electron chi connectivity index (χ1n) is 10.7. The number of aromatic nitrogens is 4. The molecule has 2 aromatic carbocycles. The minimum Gasteiger partial charge on any atom is -0.493 e. The van der Waals surface area contributed by atoms with Crippen LogP contribution in [0.1, 0.15) is 35.8 Å². The number of benzene rings is 2. The third-order valence-electron chi connectivity index (χ3n) is 6.00. The Bertz CT molecular complexity index is 1050. The molecule has 1 unspecified atom stereocenters. The van der Waals surface area contributed by atoms with Crippen LogP contribution in [-0.2, 0) is 11.3 Å². The van der Waals surface area contributed by atoms with Crippen molar-refractivity contribution in [2.24, 2.45) is 11.7 Å². The second-order valence-corrected chi connectivity index (χ2v) is 7.91. The summed E-state index contributed by atoms with van der Waals surface area (Å²) < 4.78 is 12.8. The summed E-state index contributed by atoms with van der Waals surface area (Å²) in [5.74, 6) is 1.70. The molecule has 1 atom stereocenters. The van der Waals surface area contributed by atoms with Crippen LogP contribution in [0.2, 0.25) is 0 Å². The molecule has 3 aromatic rings. The maximum Gasteiger partial charge on any atom is 0.220 e. The quantitative estimate of drug-likeness (QED) is 0.575. The van der Waals surface area contributed by atoms with E-state index in [2.05, 4.69) is 32.6 Å².